The van der Waals surface area contributed by atoms with Crippen molar-refractivity contribution >= 4 is 11.3 Å². The molecule has 2 rings (SSSR count). The number of aliphatic hydroxyl groups is 1. The van der Waals surface area contributed by atoms with Gasteiger partial charge in [0.05, 0.1) is 24.9 Å². The van der Waals surface area contributed by atoms with Gasteiger partial charge in [-0.1, -0.05) is 6.07 Å². The lowest BCUT2D eigenvalue weighted by molar-refractivity contribution is 0.196. The third-order valence-electron chi connectivity index (χ3n) is 3.04. The van der Waals surface area contributed by atoms with Crippen LogP contribution in [0.1, 0.15) is 16.1 Å². The van der Waals surface area contributed by atoms with Gasteiger partial charge in [0.15, 0.2) is 11.5 Å². The van der Waals surface area contributed by atoms with Crippen LogP contribution in [0.25, 0.3) is 0 Å². The minimum Gasteiger partial charge on any atom is -0.493 e. The van der Waals surface area contributed by atoms with Gasteiger partial charge in [-0.15, -0.1) is 11.3 Å². The lowest BCUT2D eigenvalue weighted by Crippen LogP contribution is -2.12. The molecule has 0 radical (unpaired) electrons. The summed E-state index contributed by atoms with van der Waals surface area (Å²) < 4.78 is 10.7. The van der Waals surface area contributed by atoms with Crippen LogP contribution in [0.3, 0.4) is 0 Å². The third kappa shape index (κ3) is 4.42. The lowest BCUT2D eigenvalue weighted by atomic mass is 10.2. The van der Waals surface area contributed by atoms with Gasteiger partial charge in [-0.2, -0.15) is 0 Å². The Bertz CT molecular complexity index is 572. The highest BCUT2D eigenvalue weighted by Gasteiger charge is 2.06. The summed E-state index contributed by atoms with van der Waals surface area (Å²) in [5.74, 6) is 1.32. The minimum atomic E-state index is -0.0132. The van der Waals surface area contributed by atoms with E-state index >= 15 is 0 Å². The number of rotatable bonds is 8. The molecule has 1 heterocycles. The van der Waals surface area contributed by atoms with E-state index in [0.29, 0.717) is 11.5 Å². The Morgan fingerprint density at radius 1 is 1.29 bits per heavy atom. The molecule has 0 fully saturated rings. The molecule has 0 amide bonds. The highest BCUT2D eigenvalue weighted by atomic mass is 32.1. The molecule has 114 valence electrons. The number of nitrogens with one attached hydrogen (secondary N) is 1. The van der Waals surface area contributed by atoms with Gasteiger partial charge in [-0.3, -0.25) is 0 Å². The summed E-state index contributed by atoms with van der Waals surface area (Å²) in [5.41, 5.74) is 4.06. The SMILES string of the molecule is COc1cc(CNCc2scnc2C)ccc1OCCO. The van der Waals surface area contributed by atoms with E-state index in [2.05, 4.69) is 10.3 Å². The summed E-state index contributed by atoms with van der Waals surface area (Å²) in [6.07, 6.45) is 0. The molecule has 2 N–H and O–H groups in total. The van der Waals surface area contributed by atoms with Crippen LogP contribution < -0.4 is 14.8 Å². The standard InChI is InChI=1S/C15H20N2O3S/c1-11-15(21-10-17-11)9-16-8-12-3-4-13(20-6-5-18)14(7-12)19-2/h3-4,7,10,16,18H,5-6,8-9H2,1-2H3. The maximum Gasteiger partial charge on any atom is 0.161 e. The summed E-state index contributed by atoms with van der Waals surface area (Å²) in [6, 6.07) is 5.80. The van der Waals surface area contributed by atoms with Gasteiger partial charge in [0.2, 0.25) is 0 Å². The third-order valence-corrected chi connectivity index (χ3v) is 3.97. The molecule has 0 unspecified atom stereocenters. The van der Waals surface area contributed by atoms with Crippen molar-refractivity contribution in [1.82, 2.24) is 10.3 Å². The molecule has 0 aliphatic carbocycles. The number of methoxy groups -OCH3 is 1. The van der Waals surface area contributed by atoms with Crippen LogP contribution in [0.4, 0.5) is 0 Å². The molecule has 6 heteroatoms. The molecule has 2 aromatic rings. The van der Waals surface area contributed by atoms with Crippen molar-refractivity contribution in [2.24, 2.45) is 0 Å². The fourth-order valence-corrected chi connectivity index (χ4v) is 2.66. The van der Waals surface area contributed by atoms with Crippen LogP contribution in [0.5, 0.6) is 11.5 Å². The zero-order chi connectivity index (χ0) is 15.1. The summed E-state index contributed by atoms with van der Waals surface area (Å²) >= 11 is 1.66. The Hall–Kier alpha value is -1.63. The Kier molecular flexibility index (Phi) is 5.98. The van der Waals surface area contributed by atoms with Gasteiger partial charge >= 0.3 is 0 Å². The number of ether oxygens (including phenoxy) is 2. The number of thiazole rings is 1. The summed E-state index contributed by atoms with van der Waals surface area (Å²) in [7, 11) is 1.61. The molecule has 21 heavy (non-hydrogen) atoms. The van der Waals surface area contributed by atoms with Crippen LogP contribution in [-0.2, 0) is 13.1 Å². The monoisotopic (exact) mass is 308 g/mol. The summed E-state index contributed by atoms with van der Waals surface area (Å²) in [4.78, 5) is 5.49. The second kappa shape index (κ2) is 7.97. The number of nitrogens with zero attached hydrogens (tertiary/aromatic N) is 1. The Morgan fingerprint density at radius 3 is 2.81 bits per heavy atom. The predicted molar refractivity (Wildman–Crippen MR) is 83.0 cm³/mol. The first kappa shape index (κ1) is 15.8. The van der Waals surface area contributed by atoms with Gasteiger partial charge in [-0.25, -0.2) is 4.98 Å². The van der Waals surface area contributed by atoms with Crippen molar-refractivity contribution in [2.45, 2.75) is 20.0 Å². The van der Waals surface area contributed by atoms with Crippen molar-refractivity contribution in [1.29, 1.82) is 0 Å². The maximum atomic E-state index is 8.79. The fourth-order valence-electron chi connectivity index (χ4n) is 1.91. The zero-order valence-electron chi connectivity index (χ0n) is 12.3. The van der Waals surface area contributed by atoms with Gasteiger partial charge in [0.1, 0.15) is 6.61 Å². The molecule has 0 spiro atoms. The van der Waals surface area contributed by atoms with Gasteiger partial charge in [0, 0.05) is 18.0 Å². The average Bonchev–Trinajstić information content (AvgIpc) is 2.91. The van der Waals surface area contributed by atoms with Crippen LogP contribution in [-0.4, -0.2) is 30.4 Å². The molecule has 0 bridgehead atoms. The molecule has 0 aliphatic heterocycles. The topological polar surface area (TPSA) is 63.6 Å². The summed E-state index contributed by atoms with van der Waals surface area (Å²) in [6.45, 7) is 3.82. The van der Waals surface area contributed by atoms with Crippen LogP contribution in [0.2, 0.25) is 0 Å². The molecule has 1 aromatic heterocycles. The Morgan fingerprint density at radius 2 is 2.14 bits per heavy atom. The first-order valence-electron chi connectivity index (χ1n) is 6.75. The largest absolute Gasteiger partial charge is 0.493 e. The van der Waals surface area contributed by atoms with Crippen molar-refractivity contribution in [3.63, 3.8) is 0 Å². The van der Waals surface area contributed by atoms with Crippen molar-refractivity contribution in [2.75, 3.05) is 20.3 Å². The number of aliphatic hydroxyl groups excluding tert-OH is 1. The molecule has 1 aromatic carbocycles. The van der Waals surface area contributed by atoms with Crippen molar-refractivity contribution < 1.29 is 14.6 Å². The van der Waals surface area contributed by atoms with E-state index in [9.17, 15) is 0 Å². The highest BCUT2D eigenvalue weighted by Crippen LogP contribution is 2.28. The van der Waals surface area contributed by atoms with Gasteiger partial charge in [0.25, 0.3) is 0 Å². The van der Waals surface area contributed by atoms with E-state index in [1.54, 1.807) is 18.4 Å². The Labute approximate surface area is 128 Å². The normalized spacial score (nSPS) is 10.6. The molecule has 0 saturated heterocycles. The minimum absolute atomic E-state index is 0.0132. The maximum absolute atomic E-state index is 8.79. The van der Waals surface area contributed by atoms with Crippen molar-refractivity contribution in [3.8, 4) is 11.5 Å². The second-order valence-corrected chi connectivity index (χ2v) is 5.46. The van der Waals surface area contributed by atoms with E-state index < -0.39 is 0 Å². The highest BCUT2D eigenvalue weighted by molar-refractivity contribution is 7.09. The summed E-state index contributed by atoms with van der Waals surface area (Å²) in [5, 5.41) is 12.2. The number of benzene rings is 1. The Balaban J connectivity index is 1.92. The molecule has 5 nitrogen and oxygen atoms in total. The van der Waals surface area contributed by atoms with E-state index in [0.717, 1.165) is 24.3 Å². The quantitative estimate of drug-likeness (QED) is 0.782. The zero-order valence-corrected chi connectivity index (χ0v) is 13.1. The molecular weight excluding hydrogens is 288 g/mol. The van der Waals surface area contributed by atoms with Gasteiger partial charge < -0.3 is 19.9 Å². The van der Waals surface area contributed by atoms with Crippen molar-refractivity contribution in [3.05, 3.63) is 39.8 Å². The first-order valence-corrected chi connectivity index (χ1v) is 7.62. The molecule has 0 saturated carbocycles. The first-order chi connectivity index (χ1) is 10.2. The average molecular weight is 308 g/mol. The molecule has 0 atom stereocenters. The van der Waals surface area contributed by atoms with Crippen LogP contribution in [0, 0.1) is 6.92 Å². The molecular formula is C15H20N2O3S. The van der Waals surface area contributed by atoms with E-state index in [1.807, 2.05) is 30.6 Å². The second-order valence-electron chi connectivity index (χ2n) is 4.52. The number of hydrogen-bond acceptors (Lipinski definition) is 6. The smallest absolute Gasteiger partial charge is 0.161 e. The van der Waals surface area contributed by atoms with E-state index in [4.69, 9.17) is 14.6 Å². The fraction of sp³-hybridized carbons (Fsp3) is 0.400. The molecule has 0 aliphatic rings. The number of aromatic nitrogens is 1. The predicted octanol–water partition coefficient (Wildman–Crippen LogP) is 2.12. The van der Waals surface area contributed by atoms with Crippen LogP contribution >= 0.6 is 11.3 Å². The van der Waals surface area contributed by atoms with Crippen LogP contribution in [0.15, 0.2) is 23.7 Å². The number of hydrogen-bond donors (Lipinski definition) is 2. The van der Waals surface area contributed by atoms with E-state index in [1.165, 1.54) is 4.88 Å². The van der Waals surface area contributed by atoms with E-state index in [-0.39, 0.29) is 13.2 Å². The van der Waals surface area contributed by atoms with Gasteiger partial charge in [-0.05, 0) is 24.6 Å². The lowest BCUT2D eigenvalue weighted by Gasteiger charge is -2.12. The number of aryl methyl sites for hydroxylation is 1.